The molecular formula is C19H21N3O4. The monoisotopic (exact) mass is 355 g/mol. The minimum atomic E-state index is -0.662. The Labute approximate surface area is 153 Å². The van der Waals surface area contributed by atoms with Crippen LogP contribution < -0.4 is 4.74 Å². The molecule has 7 nitrogen and oxygen atoms in total. The quantitative estimate of drug-likeness (QED) is 0.471. The number of para-hydroxylation sites is 1. The maximum absolute atomic E-state index is 12.1. The molecule has 26 heavy (non-hydrogen) atoms. The normalized spacial score (nSPS) is 9.96. The summed E-state index contributed by atoms with van der Waals surface area (Å²) in [5.41, 5.74) is 0.724. The van der Waals surface area contributed by atoms with E-state index in [0.717, 1.165) is 5.56 Å². The van der Waals surface area contributed by atoms with Gasteiger partial charge in [0.2, 0.25) is 0 Å². The number of benzene rings is 1. The smallest absolute Gasteiger partial charge is 0.331 e. The first-order chi connectivity index (χ1) is 12.6. The van der Waals surface area contributed by atoms with Crippen molar-refractivity contribution in [3.05, 3.63) is 35.9 Å². The van der Waals surface area contributed by atoms with E-state index in [9.17, 15) is 9.59 Å². The summed E-state index contributed by atoms with van der Waals surface area (Å²) in [5, 5.41) is 17.2. The topological polar surface area (TPSA) is 103 Å². The number of hydrogen-bond acceptors (Lipinski definition) is 6. The van der Waals surface area contributed by atoms with Crippen LogP contribution in [0.1, 0.15) is 25.3 Å². The van der Waals surface area contributed by atoms with Crippen molar-refractivity contribution in [2.75, 3.05) is 26.3 Å². The van der Waals surface area contributed by atoms with Gasteiger partial charge in [-0.25, -0.2) is 4.79 Å². The lowest BCUT2D eigenvalue weighted by Crippen LogP contribution is -2.36. The predicted octanol–water partition coefficient (Wildman–Crippen LogP) is 2.30. The van der Waals surface area contributed by atoms with E-state index >= 15 is 0 Å². The van der Waals surface area contributed by atoms with Crippen molar-refractivity contribution in [3.63, 3.8) is 0 Å². The van der Waals surface area contributed by atoms with Gasteiger partial charge in [-0.1, -0.05) is 18.2 Å². The number of nitriles is 2. The zero-order valence-corrected chi connectivity index (χ0v) is 14.7. The van der Waals surface area contributed by atoms with Crippen LogP contribution >= 0.6 is 0 Å². The molecule has 0 saturated heterocycles. The fourth-order valence-corrected chi connectivity index (χ4v) is 2.07. The molecule has 0 aliphatic rings. The van der Waals surface area contributed by atoms with Crippen molar-refractivity contribution >= 4 is 18.0 Å². The van der Waals surface area contributed by atoms with Crippen molar-refractivity contribution in [3.8, 4) is 17.9 Å². The van der Waals surface area contributed by atoms with Gasteiger partial charge < -0.3 is 14.4 Å². The minimum absolute atomic E-state index is 0.152. The van der Waals surface area contributed by atoms with Gasteiger partial charge in [0.25, 0.3) is 5.91 Å². The molecule has 0 radical (unpaired) electrons. The Morgan fingerprint density at radius 3 is 2.42 bits per heavy atom. The van der Waals surface area contributed by atoms with E-state index in [1.165, 1.54) is 11.0 Å². The molecule has 7 heteroatoms. The van der Waals surface area contributed by atoms with Gasteiger partial charge in [-0.3, -0.25) is 4.79 Å². The third-order valence-electron chi connectivity index (χ3n) is 3.30. The molecule has 0 saturated carbocycles. The summed E-state index contributed by atoms with van der Waals surface area (Å²) in [6.07, 6.45) is 3.08. The molecule has 0 aromatic heterocycles. The average Bonchev–Trinajstić information content (AvgIpc) is 2.65. The summed E-state index contributed by atoms with van der Waals surface area (Å²) in [6, 6.07) is 11.1. The van der Waals surface area contributed by atoms with Crippen LogP contribution in [0.5, 0.6) is 5.75 Å². The maximum atomic E-state index is 12.1. The molecule has 0 aliphatic carbocycles. The summed E-state index contributed by atoms with van der Waals surface area (Å²) in [5.74, 6) is -0.452. The zero-order valence-electron chi connectivity index (χ0n) is 14.7. The van der Waals surface area contributed by atoms with E-state index in [2.05, 4.69) is 0 Å². The molecule has 0 N–H and O–H groups in total. The van der Waals surface area contributed by atoms with Crippen molar-refractivity contribution in [1.29, 1.82) is 10.5 Å². The van der Waals surface area contributed by atoms with Gasteiger partial charge >= 0.3 is 5.97 Å². The highest BCUT2D eigenvalue weighted by atomic mass is 16.5. The molecule has 1 amide bonds. The summed E-state index contributed by atoms with van der Waals surface area (Å²) in [6.45, 7) is 2.33. The Morgan fingerprint density at radius 1 is 1.15 bits per heavy atom. The Bertz CT molecular complexity index is 698. The molecule has 1 aromatic carbocycles. The molecule has 0 atom stereocenters. The molecule has 0 aliphatic heterocycles. The number of esters is 1. The first kappa shape index (κ1) is 20.7. The second kappa shape index (κ2) is 12.1. The van der Waals surface area contributed by atoms with Crippen LogP contribution in [0.4, 0.5) is 0 Å². The Hall–Kier alpha value is -3.32. The lowest BCUT2D eigenvalue weighted by atomic mass is 10.2. The van der Waals surface area contributed by atoms with Crippen LogP contribution in [0.2, 0.25) is 0 Å². The SMILES string of the molecule is CCOc1ccccc1/C=C/C(=O)OCC(=O)N(CCC#N)CCC#N. The van der Waals surface area contributed by atoms with Crippen LogP contribution in [0.15, 0.2) is 30.3 Å². The Balaban J connectivity index is 2.58. The van der Waals surface area contributed by atoms with Crippen molar-refractivity contribution in [2.45, 2.75) is 19.8 Å². The van der Waals surface area contributed by atoms with Crippen molar-refractivity contribution in [1.82, 2.24) is 4.90 Å². The Morgan fingerprint density at radius 2 is 1.81 bits per heavy atom. The highest BCUT2D eigenvalue weighted by molar-refractivity contribution is 5.89. The molecular weight excluding hydrogens is 334 g/mol. The van der Waals surface area contributed by atoms with Gasteiger partial charge in [0.15, 0.2) is 6.61 Å². The number of ether oxygens (including phenoxy) is 2. The van der Waals surface area contributed by atoms with Crippen LogP contribution in [0.25, 0.3) is 6.08 Å². The van der Waals surface area contributed by atoms with E-state index in [1.54, 1.807) is 18.2 Å². The molecule has 0 unspecified atom stereocenters. The molecule has 0 fully saturated rings. The fraction of sp³-hybridized carbons (Fsp3) is 0.368. The first-order valence-corrected chi connectivity index (χ1v) is 8.20. The summed E-state index contributed by atoms with van der Waals surface area (Å²) < 4.78 is 10.4. The second-order valence-corrected chi connectivity index (χ2v) is 5.11. The van der Waals surface area contributed by atoms with E-state index in [4.69, 9.17) is 20.0 Å². The van der Waals surface area contributed by atoms with Gasteiger partial charge in [0.05, 0.1) is 31.6 Å². The highest BCUT2D eigenvalue weighted by Crippen LogP contribution is 2.19. The van der Waals surface area contributed by atoms with E-state index < -0.39 is 18.5 Å². The summed E-state index contributed by atoms with van der Waals surface area (Å²) in [4.78, 5) is 25.2. The van der Waals surface area contributed by atoms with Crippen LogP contribution in [0.3, 0.4) is 0 Å². The Kier molecular flexibility index (Phi) is 9.65. The number of hydrogen-bond donors (Lipinski definition) is 0. The van der Waals surface area contributed by atoms with E-state index in [0.29, 0.717) is 12.4 Å². The largest absolute Gasteiger partial charge is 0.493 e. The van der Waals surface area contributed by atoms with E-state index in [1.807, 2.05) is 31.2 Å². The number of carbonyl (C=O) groups is 2. The number of amides is 1. The second-order valence-electron chi connectivity index (χ2n) is 5.11. The van der Waals surface area contributed by atoms with Gasteiger partial charge in [-0.2, -0.15) is 10.5 Å². The number of nitrogens with zero attached hydrogens (tertiary/aromatic N) is 3. The third kappa shape index (κ3) is 7.50. The van der Waals surface area contributed by atoms with Gasteiger partial charge in [-0.05, 0) is 19.1 Å². The lowest BCUT2D eigenvalue weighted by Gasteiger charge is -2.19. The molecule has 136 valence electrons. The molecule has 0 bridgehead atoms. The average molecular weight is 355 g/mol. The summed E-state index contributed by atoms with van der Waals surface area (Å²) in [7, 11) is 0. The standard InChI is InChI=1S/C19H21N3O4/c1-2-25-17-8-4-3-7-16(17)9-10-19(24)26-15-18(23)22(13-5-11-20)14-6-12-21/h3-4,7-10H,2,5-6,13-15H2,1H3/b10-9+. The number of carbonyl (C=O) groups excluding carboxylic acids is 2. The minimum Gasteiger partial charge on any atom is -0.493 e. The van der Waals surface area contributed by atoms with Crippen LogP contribution in [-0.2, 0) is 14.3 Å². The van der Waals surface area contributed by atoms with Crippen molar-refractivity contribution < 1.29 is 19.1 Å². The van der Waals surface area contributed by atoms with Gasteiger partial charge in [-0.15, -0.1) is 0 Å². The number of rotatable bonds is 10. The van der Waals surface area contributed by atoms with E-state index in [-0.39, 0.29) is 25.9 Å². The molecule has 1 rings (SSSR count). The first-order valence-electron chi connectivity index (χ1n) is 8.20. The highest BCUT2D eigenvalue weighted by Gasteiger charge is 2.14. The molecule has 0 spiro atoms. The summed E-state index contributed by atoms with van der Waals surface area (Å²) >= 11 is 0. The van der Waals surface area contributed by atoms with Crippen LogP contribution in [0, 0.1) is 22.7 Å². The fourth-order valence-electron chi connectivity index (χ4n) is 2.07. The van der Waals surface area contributed by atoms with Crippen molar-refractivity contribution in [2.24, 2.45) is 0 Å². The zero-order chi connectivity index (χ0) is 19.2. The molecule has 1 aromatic rings. The predicted molar refractivity (Wildman–Crippen MR) is 94.6 cm³/mol. The lowest BCUT2D eigenvalue weighted by molar-refractivity contribution is -0.148. The maximum Gasteiger partial charge on any atom is 0.331 e. The third-order valence-corrected chi connectivity index (χ3v) is 3.30. The van der Waals surface area contributed by atoms with Gasteiger partial charge in [0.1, 0.15) is 5.75 Å². The van der Waals surface area contributed by atoms with Gasteiger partial charge in [0, 0.05) is 24.7 Å². The van der Waals surface area contributed by atoms with Crippen LogP contribution in [-0.4, -0.2) is 43.1 Å². The molecule has 0 heterocycles.